The average molecular weight is 290 g/mol. The molecule has 1 heteroatoms. The monoisotopic (exact) mass is 290 g/mol. The van der Waals surface area contributed by atoms with E-state index in [4.69, 9.17) is 0 Å². The van der Waals surface area contributed by atoms with Crippen molar-refractivity contribution < 1.29 is 4.79 Å². The summed E-state index contributed by atoms with van der Waals surface area (Å²) >= 11 is 0. The van der Waals surface area contributed by atoms with Crippen LogP contribution in [0.3, 0.4) is 0 Å². The number of hydrogen-bond acceptors (Lipinski definition) is 1. The number of hydrogen-bond donors (Lipinski definition) is 0. The Hall–Kier alpha value is -0.590. The zero-order chi connectivity index (χ0) is 15.8. The van der Waals surface area contributed by atoms with Gasteiger partial charge in [0.15, 0.2) is 0 Å². The first-order valence-electron chi connectivity index (χ1n) is 8.87. The van der Waals surface area contributed by atoms with Crippen LogP contribution in [0.2, 0.25) is 0 Å². The highest BCUT2D eigenvalue weighted by Gasteiger charge is 2.55. The maximum Gasteiger partial charge on any atom is 0.137 e. The van der Waals surface area contributed by atoms with Gasteiger partial charge in [0.2, 0.25) is 0 Å². The summed E-state index contributed by atoms with van der Waals surface area (Å²) in [5, 5.41) is 0. The van der Waals surface area contributed by atoms with Gasteiger partial charge in [0.25, 0.3) is 0 Å². The molecule has 0 aromatic carbocycles. The van der Waals surface area contributed by atoms with Gasteiger partial charge in [-0.25, -0.2) is 0 Å². The maximum atomic E-state index is 13.0. The molecule has 0 saturated heterocycles. The molecule has 0 unspecified atom stereocenters. The van der Waals surface area contributed by atoms with E-state index in [9.17, 15) is 4.79 Å². The van der Waals surface area contributed by atoms with Crippen LogP contribution in [0, 0.1) is 34.5 Å². The van der Waals surface area contributed by atoms with Crippen LogP contribution in [0.1, 0.15) is 73.1 Å². The molecular formula is C20H34O. The molecule has 5 atom stereocenters. The lowest BCUT2D eigenvalue weighted by molar-refractivity contribution is -0.145. The Morgan fingerprint density at radius 3 is 2.57 bits per heavy atom. The van der Waals surface area contributed by atoms with Gasteiger partial charge in [0, 0.05) is 12.3 Å². The molecule has 0 radical (unpaired) electrons. The van der Waals surface area contributed by atoms with Crippen molar-refractivity contribution >= 4 is 5.78 Å². The van der Waals surface area contributed by atoms with Crippen molar-refractivity contribution in [3.8, 4) is 0 Å². The molecule has 2 aliphatic rings. The van der Waals surface area contributed by atoms with E-state index in [0.717, 1.165) is 0 Å². The maximum absolute atomic E-state index is 13.0. The summed E-state index contributed by atoms with van der Waals surface area (Å²) in [7, 11) is 0. The molecule has 0 heterocycles. The van der Waals surface area contributed by atoms with Crippen molar-refractivity contribution in [3.63, 3.8) is 0 Å². The van der Waals surface area contributed by atoms with Gasteiger partial charge < -0.3 is 0 Å². The highest BCUT2D eigenvalue weighted by Crippen LogP contribution is 2.61. The number of rotatable bonds is 4. The zero-order valence-corrected chi connectivity index (χ0v) is 14.7. The van der Waals surface area contributed by atoms with Gasteiger partial charge in [-0.15, -0.1) is 6.58 Å². The Bertz CT molecular complexity index is 408. The van der Waals surface area contributed by atoms with Gasteiger partial charge in [-0.2, -0.15) is 0 Å². The summed E-state index contributed by atoms with van der Waals surface area (Å²) in [6.45, 7) is 15.6. The molecule has 0 spiro atoms. The molecule has 0 amide bonds. The normalized spacial score (nSPS) is 40.1. The summed E-state index contributed by atoms with van der Waals surface area (Å²) in [4.78, 5) is 13.0. The lowest BCUT2D eigenvalue weighted by Gasteiger charge is -2.58. The van der Waals surface area contributed by atoms with Gasteiger partial charge in [-0.05, 0) is 54.3 Å². The molecule has 0 N–H and O–H groups in total. The first-order valence-corrected chi connectivity index (χ1v) is 8.87. The second-order valence-electron chi connectivity index (χ2n) is 8.82. The van der Waals surface area contributed by atoms with E-state index in [1.54, 1.807) is 0 Å². The second kappa shape index (κ2) is 5.89. The Balaban J connectivity index is 2.29. The minimum absolute atomic E-state index is 0.220. The number of carbonyl (C=O) groups excluding carboxylic acids is 1. The fourth-order valence-corrected chi connectivity index (χ4v) is 5.72. The molecule has 2 saturated carbocycles. The van der Waals surface area contributed by atoms with E-state index in [2.05, 4.69) is 41.2 Å². The molecular weight excluding hydrogens is 256 g/mol. The second-order valence-corrected chi connectivity index (χ2v) is 8.82. The fourth-order valence-electron chi connectivity index (χ4n) is 5.72. The number of ketones is 1. The highest BCUT2D eigenvalue weighted by atomic mass is 16.1. The summed E-state index contributed by atoms with van der Waals surface area (Å²) in [6.07, 6.45) is 8.99. The van der Waals surface area contributed by atoms with Crippen molar-refractivity contribution in [2.24, 2.45) is 34.5 Å². The van der Waals surface area contributed by atoms with Gasteiger partial charge >= 0.3 is 0 Å². The van der Waals surface area contributed by atoms with Crippen molar-refractivity contribution in [2.45, 2.75) is 73.1 Å². The summed E-state index contributed by atoms with van der Waals surface area (Å²) in [5.74, 6) is 2.33. The average Bonchev–Trinajstić information content (AvgIpc) is 2.36. The van der Waals surface area contributed by atoms with Crippen LogP contribution in [-0.4, -0.2) is 5.78 Å². The molecule has 2 fully saturated rings. The molecule has 0 aromatic rings. The molecule has 21 heavy (non-hydrogen) atoms. The Morgan fingerprint density at radius 2 is 1.95 bits per heavy atom. The van der Waals surface area contributed by atoms with Gasteiger partial charge in [-0.3, -0.25) is 4.79 Å². The van der Waals surface area contributed by atoms with Crippen molar-refractivity contribution in [1.82, 2.24) is 0 Å². The Labute approximate surface area is 131 Å². The first-order chi connectivity index (χ1) is 9.72. The molecule has 0 aliphatic heterocycles. The van der Waals surface area contributed by atoms with Crippen LogP contribution in [-0.2, 0) is 4.79 Å². The largest absolute Gasteiger partial charge is 0.299 e. The van der Waals surface area contributed by atoms with Crippen LogP contribution < -0.4 is 0 Å². The van der Waals surface area contributed by atoms with Gasteiger partial charge in [0.1, 0.15) is 5.78 Å². The van der Waals surface area contributed by atoms with Crippen molar-refractivity contribution in [2.75, 3.05) is 0 Å². The van der Waals surface area contributed by atoms with Crippen LogP contribution in [0.25, 0.3) is 0 Å². The highest BCUT2D eigenvalue weighted by molar-refractivity contribution is 5.82. The summed E-state index contributed by atoms with van der Waals surface area (Å²) < 4.78 is 0. The van der Waals surface area contributed by atoms with E-state index in [0.29, 0.717) is 35.4 Å². The fraction of sp³-hybridized carbons (Fsp3) is 0.850. The molecule has 120 valence electrons. The lowest BCUT2D eigenvalue weighted by atomic mass is 9.46. The summed E-state index contributed by atoms with van der Waals surface area (Å²) in [6, 6.07) is 0. The molecule has 2 aliphatic carbocycles. The summed E-state index contributed by atoms with van der Waals surface area (Å²) in [5.41, 5.74) is 0.618. The number of Topliss-reactive ketones (excluding diaryl/α,β-unsaturated/α-hetero) is 1. The standard InChI is InChI=1S/C20H34O/c1-7-14(2)13-16(21)18-15(3)9-10-17-19(4,5)11-8-12-20(17,18)6/h7,14-15,17-18H,1,8-13H2,2-6H3/t14-,15+,17+,18-,20+/m1/s1. The van der Waals surface area contributed by atoms with E-state index < -0.39 is 0 Å². The topological polar surface area (TPSA) is 17.1 Å². The minimum atomic E-state index is 0.220. The predicted octanol–water partition coefficient (Wildman–Crippen LogP) is 5.65. The zero-order valence-electron chi connectivity index (χ0n) is 14.7. The first kappa shape index (κ1) is 16.8. The molecule has 1 nitrogen and oxygen atoms in total. The predicted molar refractivity (Wildman–Crippen MR) is 90.1 cm³/mol. The van der Waals surface area contributed by atoms with Gasteiger partial charge in [0.05, 0.1) is 0 Å². The molecule has 2 rings (SSSR count). The van der Waals surface area contributed by atoms with Crippen LogP contribution in [0.4, 0.5) is 0 Å². The number of allylic oxidation sites excluding steroid dienone is 1. The van der Waals surface area contributed by atoms with Crippen molar-refractivity contribution in [1.29, 1.82) is 0 Å². The third kappa shape index (κ3) is 2.98. The Kier molecular flexibility index (Phi) is 4.71. The third-order valence-corrected chi connectivity index (χ3v) is 6.74. The quantitative estimate of drug-likeness (QED) is 0.612. The van der Waals surface area contributed by atoms with Gasteiger partial charge in [-0.1, -0.05) is 47.1 Å². The molecule has 0 aromatic heterocycles. The van der Waals surface area contributed by atoms with Crippen LogP contribution >= 0.6 is 0 Å². The van der Waals surface area contributed by atoms with E-state index in [1.807, 2.05) is 6.08 Å². The van der Waals surface area contributed by atoms with Crippen LogP contribution in [0.5, 0.6) is 0 Å². The third-order valence-electron chi connectivity index (χ3n) is 6.74. The van der Waals surface area contributed by atoms with E-state index in [-0.39, 0.29) is 11.3 Å². The van der Waals surface area contributed by atoms with Crippen LogP contribution in [0.15, 0.2) is 12.7 Å². The minimum Gasteiger partial charge on any atom is -0.299 e. The number of fused-ring (bicyclic) bond motifs is 1. The number of carbonyl (C=O) groups is 1. The lowest BCUT2D eigenvalue weighted by Crippen LogP contribution is -2.53. The van der Waals surface area contributed by atoms with E-state index >= 15 is 0 Å². The van der Waals surface area contributed by atoms with E-state index in [1.165, 1.54) is 32.1 Å². The Morgan fingerprint density at radius 1 is 1.29 bits per heavy atom. The smallest absolute Gasteiger partial charge is 0.137 e. The molecule has 0 bridgehead atoms. The SMILES string of the molecule is C=C[C@@H](C)CC(=O)[C@H]1[C@@H](C)CC[C@H]2C(C)(C)CCC[C@]12C. The van der Waals surface area contributed by atoms with Crippen molar-refractivity contribution in [3.05, 3.63) is 12.7 Å².